The first-order valence-corrected chi connectivity index (χ1v) is 11.6. The van der Waals surface area contributed by atoms with Gasteiger partial charge in [0, 0.05) is 12.2 Å². The highest BCUT2D eigenvalue weighted by Crippen LogP contribution is 2.34. The van der Waals surface area contributed by atoms with Crippen molar-refractivity contribution >= 4 is 33.2 Å². The monoisotopic (exact) mass is 443 g/mol. The Balaban J connectivity index is 1.59. The number of fused-ring (bicyclic) bond motifs is 1. The summed E-state index contributed by atoms with van der Waals surface area (Å²) in [4.78, 5) is 24.9. The molecule has 2 aromatic carbocycles. The summed E-state index contributed by atoms with van der Waals surface area (Å²) in [6, 6.07) is 9.29. The fraction of sp³-hybridized carbons (Fsp3) is 0.364. The second-order valence-corrected chi connectivity index (χ2v) is 9.88. The molecular formula is C22H25N3O5S. The smallest absolute Gasteiger partial charge is 0.265 e. The van der Waals surface area contributed by atoms with E-state index in [9.17, 15) is 18.0 Å². The quantitative estimate of drug-likeness (QED) is 0.756. The molecule has 1 saturated heterocycles. The van der Waals surface area contributed by atoms with Gasteiger partial charge in [0.25, 0.3) is 5.91 Å². The van der Waals surface area contributed by atoms with Gasteiger partial charge in [-0.25, -0.2) is 8.42 Å². The Morgan fingerprint density at radius 1 is 1.19 bits per heavy atom. The lowest BCUT2D eigenvalue weighted by Gasteiger charge is -2.26. The molecule has 164 valence electrons. The summed E-state index contributed by atoms with van der Waals surface area (Å²) in [5.41, 5.74) is 2.90. The highest BCUT2D eigenvalue weighted by atomic mass is 32.2. The highest BCUT2D eigenvalue weighted by molar-refractivity contribution is 7.89. The molecule has 9 heteroatoms. The van der Waals surface area contributed by atoms with E-state index >= 15 is 0 Å². The summed E-state index contributed by atoms with van der Waals surface area (Å²) in [5, 5.41) is 5.55. The van der Waals surface area contributed by atoms with Crippen LogP contribution in [0.2, 0.25) is 0 Å². The molecule has 0 unspecified atom stereocenters. The van der Waals surface area contributed by atoms with Gasteiger partial charge in [-0.05, 0) is 69.0 Å². The maximum absolute atomic E-state index is 13.3. The zero-order valence-electron chi connectivity index (χ0n) is 17.6. The van der Waals surface area contributed by atoms with Crippen LogP contribution in [0.25, 0.3) is 0 Å². The average Bonchev–Trinajstić information content (AvgIpc) is 3.22. The van der Waals surface area contributed by atoms with Crippen LogP contribution in [0.15, 0.2) is 41.3 Å². The molecule has 31 heavy (non-hydrogen) atoms. The van der Waals surface area contributed by atoms with Gasteiger partial charge < -0.3 is 15.4 Å². The maximum Gasteiger partial charge on any atom is 0.265 e. The zero-order chi connectivity index (χ0) is 22.3. The van der Waals surface area contributed by atoms with Crippen LogP contribution in [0.4, 0.5) is 11.4 Å². The van der Waals surface area contributed by atoms with Crippen LogP contribution < -0.4 is 15.4 Å². The van der Waals surface area contributed by atoms with E-state index in [1.165, 1.54) is 22.5 Å². The second kappa shape index (κ2) is 7.97. The van der Waals surface area contributed by atoms with E-state index in [0.717, 1.165) is 11.1 Å². The Morgan fingerprint density at radius 3 is 2.74 bits per heavy atom. The lowest BCUT2D eigenvalue weighted by Crippen LogP contribution is -2.43. The van der Waals surface area contributed by atoms with Crippen LogP contribution in [0.5, 0.6) is 5.75 Å². The number of anilines is 2. The number of sulfonamides is 1. The molecule has 2 amide bonds. The molecule has 2 aliphatic heterocycles. The van der Waals surface area contributed by atoms with Crippen LogP contribution in [0.1, 0.15) is 30.9 Å². The third-order valence-electron chi connectivity index (χ3n) is 5.65. The first-order chi connectivity index (χ1) is 14.7. The molecule has 0 spiro atoms. The fourth-order valence-corrected chi connectivity index (χ4v) is 5.54. The van der Waals surface area contributed by atoms with E-state index in [4.69, 9.17) is 4.74 Å². The predicted molar refractivity (Wildman–Crippen MR) is 117 cm³/mol. The zero-order valence-corrected chi connectivity index (χ0v) is 18.5. The molecule has 0 bridgehead atoms. The number of carbonyl (C=O) groups is 2. The van der Waals surface area contributed by atoms with Crippen LogP contribution >= 0.6 is 0 Å². The Hall–Kier alpha value is -2.91. The topological polar surface area (TPSA) is 105 Å². The molecule has 1 fully saturated rings. The van der Waals surface area contributed by atoms with Crippen molar-refractivity contribution in [3.63, 3.8) is 0 Å². The largest absolute Gasteiger partial charge is 0.479 e. The standard InChI is InChI=1S/C22H25N3O5S/c1-13-6-7-14(2)17(11-13)23-22(27)19-5-4-10-25(19)31(28,29)16-8-9-20-18(12-16)24-21(26)15(3)30-20/h6-9,11-12,15,19H,4-5,10H2,1-3H3,(H,23,27)(H,24,26)/t15-,19-/m1/s1. The SMILES string of the molecule is Cc1ccc(C)c(NC(=O)[C@H]2CCCN2S(=O)(=O)c2ccc3c(c2)NC(=O)[C@@H](C)O3)c1. The molecule has 2 aromatic rings. The molecular weight excluding hydrogens is 418 g/mol. The van der Waals surface area contributed by atoms with Gasteiger partial charge in [-0.3, -0.25) is 9.59 Å². The van der Waals surface area contributed by atoms with Gasteiger partial charge in [-0.15, -0.1) is 0 Å². The van der Waals surface area contributed by atoms with Crippen LogP contribution in [-0.2, 0) is 19.6 Å². The summed E-state index contributed by atoms with van der Waals surface area (Å²) in [5.74, 6) is -0.274. The van der Waals surface area contributed by atoms with Gasteiger partial charge in [0.15, 0.2) is 6.10 Å². The van der Waals surface area contributed by atoms with E-state index in [-0.39, 0.29) is 23.3 Å². The summed E-state index contributed by atoms with van der Waals surface area (Å²) in [6.45, 7) is 5.69. The van der Waals surface area contributed by atoms with Gasteiger partial charge in [-0.2, -0.15) is 4.31 Å². The number of rotatable bonds is 4. The second-order valence-electron chi connectivity index (χ2n) is 7.99. The van der Waals surface area contributed by atoms with Crippen LogP contribution in [0.3, 0.4) is 0 Å². The van der Waals surface area contributed by atoms with Crippen molar-refractivity contribution in [1.29, 1.82) is 0 Å². The Labute approximate surface area is 181 Å². The summed E-state index contributed by atoms with van der Waals surface area (Å²) < 4.78 is 33.4. The molecule has 8 nitrogen and oxygen atoms in total. The fourth-order valence-electron chi connectivity index (χ4n) is 3.86. The minimum Gasteiger partial charge on any atom is -0.479 e. The molecule has 0 radical (unpaired) electrons. The first-order valence-electron chi connectivity index (χ1n) is 10.2. The van der Waals surface area contributed by atoms with E-state index in [2.05, 4.69) is 10.6 Å². The normalized spacial score (nSPS) is 21.2. The van der Waals surface area contributed by atoms with Crippen molar-refractivity contribution in [3.8, 4) is 5.75 Å². The number of hydrogen-bond donors (Lipinski definition) is 2. The molecule has 0 aromatic heterocycles. The Morgan fingerprint density at radius 2 is 1.97 bits per heavy atom. The summed E-state index contributed by atoms with van der Waals surface area (Å²) >= 11 is 0. The van der Waals surface area contributed by atoms with Crippen molar-refractivity contribution in [2.45, 2.75) is 50.7 Å². The molecule has 0 saturated carbocycles. The lowest BCUT2D eigenvalue weighted by atomic mass is 10.1. The number of ether oxygens (including phenoxy) is 1. The van der Waals surface area contributed by atoms with Crippen molar-refractivity contribution < 1.29 is 22.7 Å². The summed E-state index contributed by atoms with van der Waals surface area (Å²) in [6.07, 6.45) is 0.386. The molecule has 4 rings (SSSR count). The minimum absolute atomic E-state index is 0.0103. The Kier molecular flexibility index (Phi) is 5.49. The highest BCUT2D eigenvalue weighted by Gasteiger charge is 2.40. The third kappa shape index (κ3) is 4.03. The average molecular weight is 444 g/mol. The van der Waals surface area contributed by atoms with Gasteiger partial charge in [0.05, 0.1) is 10.6 Å². The molecule has 2 atom stereocenters. The van der Waals surface area contributed by atoms with E-state index in [1.807, 2.05) is 32.0 Å². The molecule has 0 aliphatic carbocycles. The van der Waals surface area contributed by atoms with Gasteiger partial charge in [-0.1, -0.05) is 12.1 Å². The molecule has 2 heterocycles. The number of benzene rings is 2. The third-order valence-corrected chi connectivity index (χ3v) is 7.55. The van der Waals surface area contributed by atoms with Crippen LogP contribution in [0, 0.1) is 13.8 Å². The maximum atomic E-state index is 13.3. The predicted octanol–water partition coefficient (Wildman–Crippen LogP) is 2.81. The lowest BCUT2D eigenvalue weighted by molar-refractivity contribution is -0.122. The van der Waals surface area contributed by atoms with E-state index in [1.54, 1.807) is 6.92 Å². The number of nitrogens with one attached hydrogen (secondary N) is 2. The number of carbonyl (C=O) groups excluding carboxylic acids is 2. The first kappa shape index (κ1) is 21.3. The van der Waals surface area contributed by atoms with Crippen molar-refractivity contribution in [2.75, 3.05) is 17.2 Å². The van der Waals surface area contributed by atoms with Gasteiger partial charge in [0.1, 0.15) is 11.8 Å². The minimum atomic E-state index is -3.94. The number of amides is 2. The van der Waals surface area contributed by atoms with Crippen molar-refractivity contribution in [2.24, 2.45) is 0 Å². The van der Waals surface area contributed by atoms with Crippen molar-refractivity contribution in [1.82, 2.24) is 4.31 Å². The Bertz CT molecular complexity index is 1160. The van der Waals surface area contributed by atoms with E-state index in [0.29, 0.717) is 30.0 Å². The summed E-state index contributed by atoms with van der Waals surface area (Å²) in [7, 11) is -3.94. The van der Waals surface area contributed by atoms with Crippen LogP contribution in [-0.4, -0.2) is 43.2 Å². The number of aryl methyl sites for hydroxylation is 2. The molecule has 2 aliphatic rings. The van der Waals surface area contributed by atoms with Gasteiger partial charge in [0.2, 0.25) is 15.9 Å². The number of nitrogens with zero attached hydrogens (tertiary/aromatic N) is 1. The van der Waals surface area contributed by atoms with Crippen molar-refractivity contribution in [3.05, 3.63) is 47.5 Å². The number of hydrogen-bond acceptors (Lipinski definition) is 5. The molecule has 2 N–H and O–H groups in total. The van der Waals surface area contributed by atoms with Gasteiger partial charge >= 0.3 is 0 Å². The van der Waals surface area contributed by atoms with E-state index < -0.39 is 22.2 Å².